The van der Waals surface area contributed by atoms with E-state index in [0.29, 0.717) is 25.2 Å². The predicted molar refractivity (Wildman–Crippen MR) is 128 cm³/mol. The first-order valence-corrected chi connectivity index (χ1v) is 13.5. The lowest BCUT2D eigenvalue weighted by Gasteiger charge is -2.34. The van der Waals surface area contributed by atoms with Crippen LogP contribution in [0.3, 0.4) is 0 Å². The van der Waals surface area contributed by atoms with Crippen LogP contribution in [-0.2, 0) is 14.8 Å². The van der Waals surface area contributed by atoms with E-state index in [0.717, 1.165) is 28.1 Å². The standard InChI is InChI=1S/C24H27N3O4S2/c1-16-14-26(15-17(2)31-16)33(29,30)19-11-9-18(10-12-19)24(28)27-13-5-7-21(27)23-25-20-6-3-4-8-22(20)32-23/h3-4,6,8-12,16-17,21H,5,7,13-15H2,1-2H3. The average molecular weight is 486 g/mol. The number of fused-ring (bicyclic) bond motifs is 1. The second kappa shape index (κ2) is 8.79. The number of likely N-dealkylation sites (tertiary alicyclic amines) is 1. The summed E-state index contributed by atoms with van der Waals surface area (Å²) < 4.78 is 34.5. The molecule has 0 N–H and O–H groups in total. The summed E-state index contributed by atoms with van der Waals surface area (Å²) in [6.07, 6.45) is 1.50. The van der Waals surface area contributed by atoms with Gasteiger partial charge in [-0.3, -0.25) is 4.79 Å². The fraction of sp³-hybridized carbons (Fsp3) is 0.417. The van der Waals surface area contributed by atoms with Crippen LogP contribution in [0.1, 0.15) is 48.1 Å². The highest BCUT2D eigenvalue weighted by Crippen LogP contribution is 2.37. The molecule has 9 heteroatoms. The van der Waals surface area contributed by atoms with Gasteiger partial charge in [0.25, 0.3) is 5.91 Å². The molecule has 2 aliphatic heterocycles. The number of amides is 1. The van der Waals surface area contributed by atoms with Gasteiger partial charge >= 0.3 is 0 Å². The molecule has 2 saturated heterocycles. The maximum atomic E-state index is 13.3. The Morgan fingerprint density at radius 1 is 1.06 bits per heavy atom. The summed E-state index contributed by atoms with van der Waals surface area (Å²) in [6, 6.07) is 14.3. The minimum atomic E-state index is -3.64. The number of hydrogen-bond donors (Lipinski definition) is 0. The second-order valence-corrected chi connectivity index (χ2v) is 11.8. The molecule has 0 saturated carbocycles. The van der Waals surface area contributed by atoms with Crippen molar-refractivity contribution < 1.29 is 17.9 Å². The number of hydrogen-bond acceptors (Lipinski definition) is 6. The van der Waals surface area contributed by atoms with Crippen molar-refractivity contribution in [3.8, 4) is 0 Å². The molecule has 0 bridgehead atoms. The SMILES string of the molecule is CC1CN(S(=O)(=O)c2ccc(C(=O)N3CCCC3c3nc4ccccc4s3)cc2)CC(C)O1. The van der Waals surface area contributed by atoms with Crippen molar-refractivity contribution in [1.82, 2.24) is 14.2 Å². The normalized spacial score (nSPS) is 24.4. The van der Waals surface area contributed by atoms with E-state index >= 15 is 0 Å². The number of sulfonamides is 1. The third kappa shape index (κ3) is 4.30. The summed E-state index contributed by atoms with van der Waals surface area (Å²) >= 11 is 1.63. The Kier molecular flexibility index (Phi) is 5.98. The molecule has 1 amide bonds. The smallest absolute Gasteiger partial charge is 0.254 e. The van der Waals surface area contributed by atoms with Crippen LogP contribution >= 0.6 is 11.3 Å². The summed E-state index contributed by atoms with van der Waals surface area (Å²) in [5, 5.41) is 0.955. The molecule has 2 aromatic carbocycles. The zero-order chi connectivity index (χ0) is 23.2. The molecule has 5 rings (SSSR count). The van der Waals surface area contributed by atoms with E-state index in [9.17, 15) is 13.2 Å². The minimum Gasteiger partial charge on any atom is -0.373 e. The summed E-state index contributed by atoms with van der Waals surface area (Å²) in [7, 11) is -3.64. The molecule has 1 aromatic heterocycles. The number of carbonyl (C=O) groups is 1. The van der Waals surface area contributed by atoms with Crippen molar-refractivity contribution >= 4 is 37.5 Å². The average Bonchev–Trinajstić information content (AvgIpc) is 3.45. The molecule has 7 nitrogen and oxygen atoms in total. The van der Waals surface area contributed by atoms with Gasteiger partial charge < -0.3 is 9.64 Å². The second-order valence-electron chi connectivity index (χ2n) is 8.78. The zero-order valence-electron chi connectivity index (χ0n) is 18.7. The quantitative estimate of drug-likeness (QED) is 0.557. The lowest BCUT2D eigenvalue weighted by molar-refractivity contribution is -0.0440. The number of thiazole rings is 1. The lowest BCUT2D eigenvalue weighted by atomic mass is 10.1. The molecule has 174 valence electrons. The molecule has 3 atom stereocenters. The van der Waals surface area contributed by atoms with Gasteiger partial charge in [-0.05, 0) is 63.1 Å². The summed E-state index contributed by atoms with van der Waals surface area (Å²) in [4.78, 5) is 20.1. The Balaban J connectivity index is 1.36. The molecular weight excluding hydrogens is 458 g/mol. The first-order valence-electron chi connectivity index (χ1n) is 11.2. The number of benzene rings is 2. The number of rotatable bonds is 4. The van der Waals surface area contributed by atoms with Crippen molar-refractivity contribution in [3.05, 3.63) is 59.1 Å². The van der Waals surface area contributed by atoms with E-state index in [1.807, 2.05) is 43.0 Å². The van der Waals surface area contributed by atoms with E-state index in [1.165, 1.54) is 16.4 Å². The molecular formula is C24H27N3O4S2. The van der Waals surface area contributed by atoms with Crippen LogP contribution in [-0.4, -0.2) is 60.4 Å². The monoisotopic (exact) mass is 485 g/mol. The third-order valence-corrected chi connectivity index (χ3v) is 9.22. The van der Waals surface area contributed by atoms with Crippen LogP contribution in [0.2, 0.25) is 0 Å². The molecule has 3 unspecified atom stereocenters. The molecule has 0 aliphatic carbocycles. The molecule has 0 radical (unpaired) electrons. The predicted octanol–water partition coefficient (Wildman–Crippen LogP) is 4.07. The number of morpholine rings is 1. The van der Waals surface area contributed by atoms with Crippen LogP contribution < -0.4 is 0 Å². The Labute approximate surface area is 198 Å². The third-order valence-electron chi connectivity index (χ3n) is 6.23. The highest BCUT2D eigenvalue weighted by molar-refractivity contribution is 7.89. The number of ether oxygens (including phenoxy) is 1. The van der Waals surface area contributed by atoms with E-state index in [2.05, 4.69) is 0 Å². The fourth-order valence-corrected chi connectivity index (χ4v) is 7.42. The number of carbonyl (C=O) groups excluding carboxylic acids is 1. The van der Waals surface area contributed by atoms with Crippen LogP contribution in [0.5, 0.6) is 0 Å². The van der Waals surface area contributed by atoms with Gasteiger partial charge in [0.2, 0.25) is 10.0 Å². The van der Waals surface area contributed by atoms with Gasteiger partial charge in [0.15, 0.2) is 0 Å². The van der Waals surface area contributed by atoms with E-state index in [4.69, 9.17) is 9.72 Å². The van der Waals surface area contributed by atoms with E-state index < -0.39 is 10.0 Å². The Morgan fingerprint density at radius 3 is 2.45 bits per heavy atom. The van der Waals surface area contributed by atoms with Gasteiger partial charge in [0.1, 0.15) is 5.01 Å². The minimum absolute atomic E-state index is 0.0466. The first kappa shape index (κ1) is 22.5. The highest BCUT2D eigenvalue weighted by atomic mass is 32.2. The molecule has 2 aliphatic rings. The van der Waals surface area contributed by atoms with Crippen molar-refractivity contribution in [2.24, 2.45) is 0 Å². The maximum Gasteiger partial charge on any atom is 0.254 e. The van der Waals surface area contributed by atoms with Crippen molar-refractivity contribution in [2.45, 2.75) is 49.8 Å². The van der Waals surface area contributed by atoms with Crippen LogP contribution in [0.25, 0.3) is 10.2 Å². The Bertz CT molecular complexity index is 1230. The highest BCUT2D eigenvalue weighted by Gasteiger charge is 2.34. The Morgan fingerprint density at radius 2 is 1.76 bits per heavy atom. The summed E-state index contributed by atoms with van der Waals surface area (Å²) in [5.41, 5.74) is 1.45. The van der Waals surface area contributed by atoms with Crippen LogP contribution in [0.15, 0.2) is 53.4 Å². The van der Waals surface area contributed by atoms with E-state index in [-0.39, 0.29) is 29.1 Å². The van der Waals surface area contributed by atoms with Gasteiger partial charge in [-0.15, -0.1) is 11.3 Å². The first-order chi connectivity index (χ1) is 15.8. The van der Waals surface area contributed by atoms with Crippen molar-refractivity contribution in [1.29, 1.82) is 0 Å². The largest absolute Gasteiger partial charge is 0.373 e. The lowest BCUT2D eigenvalue weighted by Crippen LogP contribution is -2.48. The number of nitrogens with zero attached hydrogens (tertiary/aromatic N) is 3. The summed E-state index contributed by atoms with van der Waals surface area (Å²) in [5.74, 6) is -0.0886. The van der Waals surface area contributed by atoms with Gasteiger partial charge in [0.05, 0.1) is 33.4 Å². The van der Waals surface area contributed by atoms with Crippen LogP contribution in [0.4, 0.5) is 0 Å². The van der Waals surface area contributed by atoms with Gasteiger partial charge in [-0.25, -0.2) is 13.4 Å². The molecule has 0 spiro atoms. The van der Waals surface area contributed by atoms with Gasteiger partial charge in [-0.2, -0.15) is 4.31 Å². The fourth-order valence-electron chi connectivity index (χ4n) is 4.71. The van der Waals surface area contributed by atoms with Crippen molar-refractivity contribution in [2.75, 3.05) is 19.6 Å². The molecule has 3 aromatic rings. The van der Waals surface area contributed by atoms with Crippen molar-refractivity contribution in [3.63, 3.8) is 0 Å². The molecule has 33 heavy (non-hydrogen) atoms. The van der Waals surface area contributed by atoms with Gasteiger partial charge in [0, 0.05) is 25.2 Å². The molecule has 2 fully saturated rings. The Hall–Kier alpha value is -2.33. The molecule has 3 heterocycles. The van der Waals surface area contributed by atoms with Gasteiger partial charge in [-0.1, -0.05) is 12.1 Å². The maximum absolute atomic E-state index is 13.3. The van der Waals surface area contributed by atoms with E-state index in [1.54, 1.807) is 23.5 Å². The van der Waals surface area contributed by atoms with Crippen LogP contribution in [0, 0.1) is 0 Å². The topological polar surface area (TPSA) is 79.8 Å². The number of aromatic nitrogens is 1. The summed E-state index contributed by atoms with van der Waals surface area (Å²) in [6.45, 7) is 5.06. The number of para-hydroxylation sites is 1. The zero-order valence-corrected chi connectivity index (χ0v) is 20.3.